The fourth-order valence-electron chi connectivity index (χ4n) is 3.80. The summed E-state index contributed by atoms with van der Waals surface area (Å²) in [5, 5.41) is 6.06. The monoisotopic (exact) mass is 345 g/mol. The molecule has 138 valence electrons. The van der Waals surface area contributed by atoms with Crippen LogP contribution in [0, 0.1) is 5.92 Å². The first kappa shape index (κ1) is 18.2. The lowest BCUT2D eigenvalue weighted by Crippen LogP contribution is -2.47. The summed E-state index contributed by atoms with van der Waals surface area (Å²) in [5.41, 5.74) is 1.39. The fraction of sp³-hybridized carbons (Fsp3) is 0.650. The van der Waals surface area contributed by atoms with Crippen LogP contribution in [0.15, 0.2) is 30.3 Å². The summed E-state index contributed by atoms with van der Waals surface area (Å²) >= 11 is 0. The predicted octanol–water partition coefficient (Wildman–Crippen LogP) is 2.42. The molecule has 2 N–H and O–H groups in total. The lowest BCUT2D eigenvalue weighted by Gasteiger charge is -2.21. The SMILES string of the molecule is C[C@H](NC(=O)NC[C@@H]1CCN(CCc2ccccc2)C1)[C@H]1CCCO1. The molecule has 2 heterocycles. The minimum absolute atomic E-state index is 0.0641. The van der Waals surface area contributed by atoms with Crippen LogP contribution in [0.3, 0.4) is 0 Å². The van der Waals surface area contributed by atoms with Crippen LogP contribution in [0.25, 0.3) is 0 Å². The molecule has 3 rings (SSSR count). The highest BCUT2D eigenvalue weighted by Crippen LogP contribution is 2.17. The van der Waals surface area contributed by atoms with E-state index in [2.05, 4.69) is 45.9 Å². The van der Waals surface area contributed by atoms with Gasteiger partial charge in [0.2, 0.25) is 0 Å². The Kier molecular flexibility index (Phi) is 6.70. The molecular formula is C20H31N3O2. The van der Waals surface area contributed by atoms with Crippen molar-refractivity contribution in [3.05, 3.63) is 35.9 Å². The normalized spacial score (nSPS) is 25.0. The molecule has 1 aromatic carbocycles. The average Bonchev–Trinajstić information content (AvgIpc) is 3.31. The molecule has 0 aromatic heterocycles. The maximum absolute atomic E-state index is 12.1. The van der Waals surface area contributed by atoms with Crippen LogP contribution in [0.4, 0.5) is 4.79 Å². The second kappa shape index (κ2) is 9.20. The van der Waals surface area contributed by atoms with Gasteiger partial charge >= 0.3 is 6.03 Å². The number of benzene rings is 1. The van der Waals surface area contributed by atoms with Gasteiger partial charge in [0.25, 0.3) is 0 Å². The van der Waals surface area contributed by atoms with E-state index >= 15 is 0 Å². The summed E-state index contributed by atoms with van der Waals surface area (Å²) in [7, 11) is 0. The van der Waals surface area contributed by atoms with Crippen LogP contribution in [0.5, 0.6) is 0 Å². The van der Waals surface area contributed by atoms with Gasteiger partial charge in [0.05, 0.1) is 12.1 Å². The van der Waals surface area contributed by atoms with E-state index < -0.39 is 0 Å². The molecule has 0 spiro atoms. The van der Waals surface area contributed by atoms with Gasteiger partial charge in [0.15, 0.2) is 0 Å². The van der Waals surface area contributed by atoms with E-state index in [-0.39, 0.29) is 18.2 Å². The number of hydrogen-bond acceptors (Lipinski definition) is 3. The largest absolute Gasteiger partial charge is 0.376 e. The first-order chi connectivity index (χ1) is 12.2. The van der Waals surface area contributed by atoms with Crippen LogP contribution in [-0.2, 0) is 11.2 Å². The second-order valence-corrected chi connectivity index (χ2v) is 7.39. The molecule has 0 aliphatic carbocycles. The molecule has 2 aliphatic rings. The summed E-state index contributed by atoms with van der Waals surface area (Å²) in [5.74, 6) is 0.555. The number of likely N-dealkylation sites (tertiary alicyclic amines) is 1. The Balaban J connectivity index is 1.30. The number of carbonyl (C=O) groups excluding carboxylic acids is 1. The van der Waals surface area contributed by atoms with Gasteiger partial charge in [-0.05, 0) is 50.6 Å². The average molecular weight is 345 g/mol. The molecule has 2 amide bonds. The van der Waals surface area contributed by atoms with Crippen LogP contribution in [-0.4, -0.2) is 55.9 Å². The Labute approximate surface area is 151 Å². The standard InChI is InChI=1S/C20H31N3O2/c1-16(19-8-5-13-25-19)22-20(24)21-14-18-10-12-23(15-18)11-9-17-6-3-2-4-7-17/h2-4,6-7,16,18-19H,5,8-15H2,1H3,(H2,21,22,24)/t16-,18-,19+/m0/s1. The number of nitrogens with one attached hydrogen (secondary N) is 2. The van der Waals surface area contributed by atoms with E-state index in [1.807, 2.05) is 6.92 Å². The zero-order chi connectivity index (χ0) is 17.5. The summed E-state index contributed by atoms with van der Waals surface area (Å²) in [4.78, 5) is 14.6. The molecule has 0 radical (unpaired) electrons. The fourth-order valence-corrected chi connectivity index (χ4v) is 3.80. The summed E-state index contributed by atoms with van der Waals surface area (Å²) in [6.07, 6.45) is 4.57. The third-order valence-electron chi connectivity index (χ3n) is 5.36. The molecule has 2 fully saturated rings. The van der Waals surface area contributed by atoms with Crippen molar-refractivity contribution in [3.8, 4) is 0 Å². The lowest BCUT2D eigenvalue weighted by atomic mass is 10.1. The molecule has 3 atom stereocenters. The van der Waals surface area contributed by atoms with Crippen LogP contribution in [0.1, 0.15) is 31.7 Å². The zero-order valence-corrected chi connectivity index (χ0v) is 15.2. The number of urea groups is 1. The van der Waals surface area contributed by atoms with Gasteiger partial charge in [-0.15, -0.1) is 0 Å². The third-order valence-corrected chi connectivity index (χ3v) is 5.36. The van der Waals surface area contributed by atoms with Crippen molar-refractivity contribution >= 4 is 6.03 Å². The maximum Gasteiger partial charge on any atom is 0.315 e. The van der Waals surface area contributed by atoms with Crippen molar-refractivity contribution in [2.75, 3.05) is 32.8 Å². The first-order valence-electron chi connectivity index (χ1n) is 9.63. The highest BCUT2D eigenvalue weighted by molar-refractivity contribution is 5.74. The lowest BCUT2D eigenvalue weighted by molar-refractivity contribution is 0.0860. The number of rotatable bonds is 7. The molecule has 0 bridgehead atoms. The number of ether oxygens (including phenoxy) is 1. The molecular weight excluding hydrogens is 314 g/mol. The van der Waals surface area contributed by atoms with Crippen molar-refractivity contribution in [2.45, 2.75) is 44.8 Å². The van der Waals surface area contributed by atoms with E-state index in [1.165, 1.54) is 5.56 Å². The van der Waals surface area contributed by atoms with Gasteiger partial charge in [-0.2, -0.15) is 0 Å². The number of amides is 2. The number of hydrogen-bond donors (Lipinski definition) is 2. The Hall–Kier alpha value is -1.59. The minimum atomic E-state index is -0.0641. The molecule has 0 unspecified atom stereocenters. The van der Waals surface area contributed by atoms with Gasteiger partial charge in [-0.25, -0.2) is 4.79 Å². The summed E-state index contributed by atoms with van der Waals surface area (Å²) in [6.45, 7) is 6.91. The van der Waals surface area contributed by atoms with Gasteiger partial charge in [0, 0.05) is 26.2 Å². The smallest absolute Gasteiger partial charge is 0.315 e. The molecule has 1 aromatic rings. The van der Waals surface area contributed by atoms with Crippen LogP contribution < -0.4 is 10.6 Å². The quantitative estimate of drug-likeness (QED) is 0.798. The van der Waals surface area contributed by atoms with E-state index in [0.29, 0.717) is 5.92 Å². The number of nitrogens with zero attached hydrogens (tertiary/aromatic N) is 1. The maximum atomic E-state index is 12.1. The predicted molar refractivity (Wildman–Crippen MR) is 99.7 cm³/mol. The Morgan fingerprint density at radius 3 is 2.92 bits per heavy atom. The van der Waals surface area contributed by atoms with E-state index in [1.54, 1.807) is 0 Å². The van der Waals surface area contributed by atoms with Crippen LogP contribution >= 0.6 is 0 Å². The summed E-state index contributed by atoms with van der Waals surface area (Å²) in [6, 6.07) is 10.7. The topological polar surface area (TPSA) is 53.6 Å². The van der Waals surface area contributed by atoms with E-state index in [4.69, 9.17) is 4.74 Å². The van der Waals surface area contributed by atoms with Crippen LogP contribution in [0.2, 0.25) is 0 Å². The molecule has 2 saturated heterocycles. The zero-order valence-electron chi connectivity index (χ0n) is 15.2. The Morgan fingerprint density at radius 1 is 1.32 bits per heavy atom. The van der Waals surface area contributed by atoms with E-state index in [0.717, 1.165) is 58.5 Å². The van der Waals surface area contributed by atoms with Gasteiger partial charge in [-0.1, -0.05) is 30.3 Å². The molecule has 5 nitrogen and oxygen atoms in total. The Morgan fingerprint density at radius 2 is 2.16 bits per heavy atom. The first-order valence-corrected chi connectivity index (χ1v) is 9.63. The van der Waals surface area contributed by atoms with Crippen molar-refractivity contribution in [2.24, 2.45) is 5.92 Å². The van der Waals surface area contributed by atoms with Gasteiger partial charge in [0.1, 0.15) is 0 Å². The van der Waals surface area contributed by atoms with E-state index in [9.17, 15) is 4.79 Å². The summed E-state index contributed by atoms with van der Waals surface area (Å²) < 4.78 is 5.62. The Bertz CT molecular complexity index is 531. The minimum Gasteiger partial charge on any atom is -0.376 e. The van der Waals surface area contributed by atoms with Crippen molar-refractivity contribution < 1.29 is 9.53 Å². The highest BCUT2D eigenvalue weighted by Gasteiger charge is 2.25. The van der Waals surface area contributed by atoms with Crippen molar-refractivity contribution in [1.29, 1.82) is 0 Å². The highest BCUT2D eigenvalue weighted by atomic mass is 16.5. The molecule has 2 aliphatic heterocycles. The third kappa shape index (κ3) is 5.72. The number of carbonyl (C=O) groups is 1. The van der Waals surface area contributed by atoms with Crippen molar-refractivity contribution in [1.82, 2.24) is 15.5 Å². The van der Waals surface area contributed by atoms with Gasteiger partial charge in [-0.3, -0.25) is 0 Å². The van der Waals surface area contributed by atoms with Crippen molar-refractivity contribution in [3.63, 3.8) is 0 Å². The molecule has 5 heteroatoms. The molecule has 0 saturated carbocycles. The van der Waals surface area contributed by atoms with Gasteiger partial charge < -0.3 is 20.3 Å². The second-order valence-electron chi connectivity index (χ2n) is 7.39. The molecule has 25 heavy (non-hydrogen) atoms.